The summed E-state index contributed by atoms with van der Waals surface area (Å²) >= 11 is 0. The maximum atomic E-state index is 6.56. The summed E-state index contributed by atoms with van der Waals surface area (Å²) in [5.74, 6) is 2.16. The Morgan fingerprint density at radius 2 is 0.778 bits per heavy atom. The minimum atomic E-state index is -0.646. The summed E-state index contributed by atoms with van der Waals surface area (Å²) in [6.45, 7) is 11.4. The molecule has 0 aliphatic heterocycles. The number of rotatable bonds is 11. The van der Waals surface area contributed by atoms with Gasteiger partial charge in [0.2, 0.25) is 0 Å². The topological polar surface area (TPSA) is 12.5 Å². The molecule has 0 fully saturated rings. The molecule has 0 saturated carbocycles. The Morgan fingerprint density at radius 1 is 0.389 bits per heavy atom. The van der Waals surface area contributed by atoms with Crippen molar-refractivity contribution < 1.29 is 4.74 Å². The Balaban J connectivity index is 1.06. The molecule has 2 unspecified atom stereocenters. The lowest BCUT2D eigenvalue weighted by molar-refractivity contribution is 0.481. The molecule has 12 rings (SSSR count). The van der Waals surface area contributed by atoms with Gasteiger partial charge in [-0.25, -0.2) is 0 Å². The molecule has 0 bridgehead atoms. The number of ether oxygens (including phenoxy) is 1. The highest BCUT2D eigenvalue weighted by Crippen LogP contribution is 2.60. The molecule has 0 amide bonds. The molecule has 0 radical (unpaired) electrons. The van der Waals surface area contributed by atoms with Crippen molar-refractivity contribution in [3.63, 3.8) is 0 Å². The van der Waals surface area contributed by atoms with E-state index in [9.17, 15) is 0 Å². The number of hydrogen-bond donors (Lipinski definition) is 0. The zero-order chi connectivity index (χ0) is 49.0. The predicted octanol–water partition coefficient (Wildman–Crippen LogP) is 18.5. The molecule has 2 nitrogen and oxygen atoms in total. The lowest BCUT2D eigenvalue weighted by Crippen LogP contribution is -2.29. The van der Waals surface area contributed by atoms with Crippen LogP contribution in [0, 0.1) is 0 Å². The van der Waals surface area contributed by atoms with Gasteiger partial charge in [-0.3, -0.25) is 0 Å². The van der Waals surface area contributed by atoms with Crippen LogP contribution in [-0.2, 0) is 16.2 Å². The van der Waals surface area contributed by atoms with Crippen LogP contribution in [0.4, 0.5) is 17.1 Å². The van der Waals surface area contributed by atoms with Crippen LogP contribution in [0.25, 0.3) is 22.3 Å². The Hall–Kier alpha value is -8.20. The summed E-state index contributed by atoms with van der Waals surface area (Å²) < 4.78 is 6.56. The third kappa shape index (κ3) is 7.23. The first-order chi connectivity index (χ1) is 35.2. The smallest absolute Gasteiger partial charge is 0.127 e. The quantitative estimate of drug-likeness (QED) is 0.128. The van der Waals surface area contributed by atoms with E-state index in [0.29, 0.717) is 5.92 Å². The number of para-hydroxylation sites is 1. The molecule has 350 valence electrons. The van der Waals surface area contributed by atoms with E-state index >= 15 is 0 Å². The van der Waals surface area contributed by atoms with E-state index in [4.69, 9.17) is 4.74 Å². The molecular formula is C70H59NO. The molecule has 10 aromatic rings. The molecule has 0 saturated heterocycles. The predicted molar refractivity (Wildman–Crippen MR) is 300 cm³/mol. The number of fused-ring (bicyclic) bond motifs is 6. The highest BCUT2D eigenvalue weighted by molar-refractivity contribution is 5.92. The van der Waals surface area contributed by atoms with Crippen molar-refractivity contribution in [3.8, 4) is 33.8 Å². The van der Waals surface area contributed by atoms with Gasteiger partial charge in [-0.2, -0.15) is 0 Å². The van der Waals surface area contributed by atoms with Gasteiger partial charge in [0, 0.05) is 17.1 Å². The first-order valence-electron chi connectivity index (χ1n) is 25.6. The molecule has 2 aliphatic carbocycles. The van der Waals surface area contributed by atoms with Crippen LogP contribution in [0.15, 0.2) is 249 Å². The average molecular weight is 930 g/mol. The van der Waals surface area contributed by atoms with Crippen LogP contribution in [-0.4, -0.2) is 0 Å². The summed E-state index contributed by atoms with van der Waals surface area (Å²) in [7, 11) is 0. The summed E-state index contributed by atoms with van der Waals surface area (Å²) in [5, 5.41) is 0. The van der Waals surface area contributed by atoms with Crippen LogP contribution in [0.5, 0.6) is 11.5 Å². The largest absolute Gasteiger partial charge is 0.457 e. The fourth-order valence-corrected chi connectivity index (χ4v) is 12.0. The molecule has 72 heavy (non-hydrogen) atoms. The van der Waals surface area contributed by atoms with Gasteiger partial charge in [0.1, 0.15) is 11.5 Å². The summed E-state index contributed by atoms with van der Waals surface area (Å²) in [4.78, 5) is 2.46. The van der Waals surface area contributed by atoms with E-state index in [2.05, 4.69) is 288 Å². The third-order valence-corrected chi connectivity index (χ3v) is 15.8. The lowest BCUT2D eigenvalue weighted by Gasteiger charge is -2.36. The van der Waals surface area contributed by atoms with Crippen molar-refractivity contribution in [3.05, 3.63) is 304 Å². The highest BCUT2D eigenvalue weighted by Gasteiger charge is 2.48. The Bertz CT molecular complexity index is 3510. The molecular weight excluding hydrogens is 871 g/mol. The monoisotopic (exact) mass is 929 g/mol. The van der Waals surface area contributed by atoms with Gasteiger partial charge in [-0.15, -0.1) is 0 Å². The average Bonchev–Trinajstić information content (AvgIpc) is 3.90. The van der Waals surface area contributed by atoms with Crippen molar-refractivity contribution in [2.24, 2.45) is 0 Å². The van der Waals surface area contributed by atoms with Crippen LogP contribution in [0.1, 0.15) is 103 Å². The second kappa shape index (κ2) is 17.9. The van der Waals surface area contributed by atoms with E-state index in [0.717, 1.165) is 35.0 Å². The fourth-order valence-electron chi connectivity index (χ4n) is 12.0. The second-order valence-corrected chi connectivity index (χ2v) is 20.8. The molecule has 2 aliphatic rings. The maximum absolute atomic E-state index is 6.56. The van der Waals surface area contributed by atoms with Crippen LogP contribution in [0.2, 0.25) is 0 Å². The third-order valence-electron chi connectivity index (χ3n) is 15.8. The molecule has 2 heteroatoms. The Morgan fingerprint density at radius 3 is 1.24 bits per heavy atom. The maximum Gasteiger partial charge on any atom is 0.127 e. The van der Waals surface area contributed by atoms with Crippen LogP contribution in [0.3, 0.4) is 0 Å². The van der Waals surface area contributed by atoms with Gasteiger partial charge in [0.15, 0.2) is 0 Å². The van der Waals surface area contributed by atoms with Gasteiger partial charge in [-0.05, 0) is 156 Å². The van der Waals surface area contributed by atoms with E-state index in [-0.39, 0.29) is 5.41 Å². The fraction of sp³-hybridized carbons (Fsp3) is 0.143. The second-order valence-electron chi connectivity index (χ2n) is 20.8. The number of benzene rings is 10. The summed E-state index contributed by atoms with van der Waals surface area (Å²) in [6, 6.07) is 92.3. The lowest BCUT2D eigenvalue weighted by atomic mass is 9.67. The standard InChI is InChI=1S/C70H59NO/c1-6-48(2)49-30-40-58(41-31-49)72-59-42-36-54(37-43-59)70(53-34-32-50(33-35-53)68(3,4)5)65-29-19-17-27-61(65)63-45-39-57(47-67(63)70)71(55-24-14-9-15-25-55)56-38-44-62-60-26-16-18-28-64(60)69(66(62)46-56,51-20-10-7-11-21-51)52-22-12-8-13-23-52/h7-48H,6H2,1-5H3. The zero-order valence-electron chi connectivity index (χ0n) is 41.8. The SMILES string of the molecule is CCC(C)c1ccc(Oc2ccc(C3(c4ccc(C(C)(C)C)cc4)c4ccccc4-c4ccc(N(c5ccccc5)c5ccc6c(c5)C(c5ccccc5)(c5ccccc5)c5ccccc5-6)cc43)cc2)cc1. The van der Waals surface area contributed by atoms with E-state index in [1.807, 2.05) is 0 Å². The molecule has 10 aromatic carbocycles. The van der Waals surface area contributed by atoms with Crippen LogP contribution < -0.4 is 9.64 Å². The molecule has 0 N–H and O–H groups in total. The van der Waals surface area contributed by atoms with Crippen LogP contribution >= 0.6 is 0 Å². The molecule has 0 heterocycles. The molecule has 2 atom stereocenters. The highest BCUT2D eigenvalue weighted by atomic mass is 16.5. The normalized spacial score (nSPS) is 15.5. The minimum absolute atomic E-state index is 0.00213. The Kier molecular flexibility index (Phi) is 11.2. The number of nitrogens with zero attached hydrogens (tertiary/aromatic N) is 1. The van der Waals surface area contributed by atoms with E-state index < -0.39 is 10.8 Å². The first kappa shape index (κ1) is 45.0. The number of hydrogen-bond acceptors (Lipinski definition) is 2. The van der Waals surface area contributed by atoms with Crippen molar-refractivity contribution >= 4 is 17.1 Å². The van der Waals surface area contributed by atoms with Crippen molar-refractivity contribution in [1.82, 2.24) is 0 Å². The minimum Gasteiger partial charge on any atom is -0.457 e. The molecule has 0 spiro atoms. The van der Waals surface area contributed by atoms with Gasteiger partial charge in [-0.1, -0.05) is 223 Å². The first-order valence-corrected chi connectivity index (χ1v) is 25.6. The Labute approximate surface area is 425 Å². The van der Waals surface area contributed by atoms with Crippen molar-refractivity contribution in [2.75, 3.05) is 4.90 Å². The molecule has 0 aromatic heterocycles. The van der Waals surface area contributed by atoms with Gasteiger partial charge < -0.3 is 9.64 Å². The zero-order valence-corrected chi connectivity index (χ0v) is 41.8. The summed E-state index contributed by atoms with van der Waals surface area (Å²) in [5.41, 5.74) is 19.7. The van der Waals surface area contributed by atoms with Crippen molar-refractivity contribution in [1.29, 1.82) is 0 Å². The van der Waals surface area contributed by atoms with Crippen molar-refractivity contribution in [2.45, 2.75) is 63.2 Å². The van der Waals surface area contributed by atoms with Gasteiger partial charge in [0.05, 0.1) is 10.8 Å². The van der Waals surface area contributed by atoms with E-state index in [1.165, 1.54) is 77.9 Å². The van der Waals surface area contributed by atoms with Gasteiger partial charge in [0.25, 0.3) is 0 Å². The van der Waals surface area contributed by atoms with Gasteiger partial charge >= 0.3 is 0 Å². The summed E-state index contributed by atoms with van der Waals surface area (Å²) in [6.07, 6.45) is 1.10. The van der Waals surface area contributed by atoms with E-state index in [1.54, 1.807) is 0 Å². The number of anilines is 3.